The van der Waals surface area contributed by atoms with Crippen LogP contribution < -0.4 is 5.32 Å². The predicted molar refractivity (Wildman–Crippen MR) is 71.0 cm³/mol. The molecular weight excluding hydrogens is 246 g/mol. The molecule has 1 aromatic carbocycles. The van der Waals surface area contributed by atoms with Crippen LogP contribution in [0.25, 0.3) is 0 Å². The van der Waals surface area contributed by atoms with Crippen LogP contribution >= 0.6 is 0 Å². The minimum absolute atomic E-state index is 0.0577. The molecule has 0 saturated carbocycles. The molecule has 0 saturated heterocycles. The Hall–Kier alpha value is -2.37. The second kappa shape index (κ2) is 5.51. The highest BCUT2D eigenvalue weighted by Gasteiger charge is 2.14. The van der Waals surface area contributed by atoms with Gasteiger partial charge in [0.25, 0.3) is 5.69 Å². The number of oxazole rings is 1. The van der Waals surface area contributed by atoms with E-state index in [0.29, 0.717) is 18.1 Å². The van der Waals surface area contributed by atoms with Gasteiger partial charge in [-0.15, -0.1) is 0 Å². The molecule has 0 amide bonds. The molecule has 0 unspecified atom stereocenters. The molecule has 0 atom stereocenters. The first-order valence-electron chi connectivity index (χ1n) is 6.02. The summed E-state index contributed by atoms with van der Waals surface area (Å²) >= 11 is 0. The lowest BCUT2D eigenvalue weighted by Gasteiger charge is -2.05. The number of nitro groups is 1. The number of nitrogens with zero attached hydrogens (tertiary/aromatic N) is 2. The summed E-state index contributed by atoms with van der Waals surface area (Å²) in [6.07, 6.45) is 2.44. The van der Waals surface area contributed by atoms with Gasteiger partial charge >= 0.3 is 0 Å². The van der Waals surface area contributed by atoms with Crippen LogP contribution in [-0.2, 0) is 13.0 Å². The Morgan fingerprint density at radius 2 is 2.26 bits per heavy atom. The van der Waals surface area contributed by atoms with Crippen LogP contribution in [0.1, 0.15) is 24.1 Å². The van der Waals surface area contributed by atoms with Gasteiger partial charge < -0.3 is 9.73 Å². The maximum absolute atomic E-state index is 11.0. The molecule has 0 bridgehead atoms. The fourth-order valence-corrected chi connectivity index (χ4v) is 1.71. The van der Waals surface area contributed by atoms with Gasteiger partial charge in [0.05, 0.1) is 17.7 Å². The average Bonchev–Trinajstić information content (AvgIpc) is 2.85. The van der Waals surface area contributed by atoms with Crippen LogP contribution in [0.5, 0.6) is 0 Å². The van der Waals surface area contributed by atoms with Gasteiger partial charge in [-0.1, -0.05) is 13.0 Å². The van der Waals surface area contributed by atoms with E-state index in [1.807, 2.05) is 19.9 Å². The number of anilines is 1. The Balaban J connectivity index is 2.12. The highest BCUT2D eigenvalue weighted by Crippen LogP contribution is 2.25. The van der Waals surface area contributed by atoms with Crippen molar-refractivity contribution >= 4 is 11.4 Å². The number of nitrogens with one attached hydrogen (secondary N) is 1. The lowest BCUT2D eigenvalue weighted by Crippen LogP contribution is -2.03. The quantitative estimate of drug-likeness (QED) is 0.660. The highest BCUT2D eigenvalue weighted by atomic mass is 16.6. The van der Waals surface area contributed by atoms with Crippen LogP contribution in [0.3, 0.4) is 0 Å². The number of aryl methyl sites for hydroxylation is 2. The molecule has 0 spiro atoms. The van der Waals surface area contributed by atoms with Crippen molar-refractivity contribution < 1.29 is 9.34 Å². The summed E-state index contributed by atoms with van der Waals surface area (Å²) in [6, 6.07) is 5.05. The van der Waals surface area contributed by atoms with Crippen molar-refractivity contribution in [3.8, 4) is 0 Å². The third kappa shape index (κ3) is 3.09. The van der Waals surface area contributed by atoms with Gasteiger partial charge in [-0.25, -0.2) is 4.98 Å². The smallest absolute Gasteiger partial charge is 0.292 e. The number of nitro benzene ring substituents is 1. The molecule has 0 fully saturated rings. The Morgan fingerprint density at radius 3 is 2.89 bits per heavy atom. The normalized spacial score (nSPS) is 10.4. The first-order chi connectivity index (χ1) is 9.10. The van der Waals surface area contributed by atoms with Gasteiger partial charge in [-0.05, 0) is 18.6 Å². The molecule has 0 radical (unpaired) electrons. The molecular formula is C13H15N3O3. The summed E-state index contributed by atoms with van der Waals surface area (Å²) in [5.41, 5.74) is 1.37. The van der Waals surface area contributed by atoms with Gasteiger partial charge in [0.15, 0.2) is 0 Å². The van der Waals surface area contributed by atoms with Gasteiger partial charge in [0.2, 0.25) is 5.89 Å². The SMILES string of the molecule is CCc1cnc(CNc2ccc(C)cc2[N+](=O)[O-])o1. The first-order valence-corrected chi connectivity index (χ1v) is 6.02. The second-order valence-electron chi connectivity index (χ2n) is 4.21. The second-order valence-corrected chi connectivity index (χ2v) is 4.21. The van der Waals surface area contributed by atoms with Crippen LogP contribution in [-0.4, -0.2) is 9.91 Å². The van der Waals surface area contributed by atoms with E-state index in [1.54, 1.807) is 12.3 Å². The molecule has 2 rings (SSSR count). The summed E-state index contributed by atoms with van der Waals surface area (Å²) in [5, 5.41) is 13.9. The Morgan fingerprint density at radius 1 is 1.47 bits per heavy atom. The first kappa shape index (κ1) is 13.1. The summed E-state index contributed by atoms with van der Waals surface area (Å²) < 4.78 is 5.44. The number of benzene rings is 1. The monoisotopic (exact) mass is 261 g/mol. The molecule has 100 valence electrons. The van der Waals surface area contributed by atoms with Crippen molar-refractivity contribution in [1.29, 1.82) is 0 Å². The van der Waals surface area contributed by atoms with E-state index in [4.69, 9.17) is 4.42 Å². The molecule has 1 heterocycles. The summed E-state index contributed by atoms with van der Waals surface area (Å²) in [6.45, 7) is 4.12. The zero-order valence-electron chi connectivity index (χ0n) is 10.8. The molecule has 0 aliphatic rings. The predicted octanol–water partition coefficient (Wildman–Crippen LogP) is 3.07. The van der Waals surface area contributed by atoms with Crippen molar-refractivity contribution in [3.63, 3.8) is 0 Å². The maximum Gasteiger partial charge on any atom is 0.292 e. The van der Waals surface area contributed by atoms with Crippen LogP contribution in [0.4, 0.5) is 11.4 Å². The number of aromatic nitrogens is 1. The molecule has 6 heteroatoms. The zero-order valence-corrected chi connectivity index (χ0v) is 10.8. The molecule has 0 aliphatic carbocycles. The van der Waals surface area contributed by atoms with Crippen molar-refractivity contribution in [1.82, 2.24) is 4.98 Å². The lowest BCUT2D eigenvalue weighted by molar-refractivity contribution is -0.384. The molecule has 6 nitrogen and oxygen atoms in total. The van der Waals surface area contributed by atoms with Crippen LogP contribution in [0.2, 0.25) is 0 Å². The molecule has 0 aliphatic heterocycles. The number of hydrogen-bond acceptors (Lipinski definition) is 5. The van der Waals surface area contributed by atoms with Crippen LogP contribution in [0, 0.1) is 17.0 Å². The summed E-state index contributed by atoms with van der Waals surface area (Å²) in [5.74, 6) is 1.32. The van der Waals surface area contributed by atoms with Crippen LogP contribution in [0.15, 0.2) is 28.8 Å². The standard InChI is InChI=1S/C13H15N3O3/c1-3-10-7-15-13(19-10)8-14-11-5-4-9(2)6-12(11)16(17)18/h4-7,14H,3,8H2,1-2H3. The van der Waals surface area contributed by atoms with Crippen molar-refractivity contribution in [2.45, 2.75) is 26.8 Å². The Kier molecular flexibility index (Phi) is 3.79. The number of rotatable bonds is 5. The van der Waals surface area contributed by atoms with Crippen molar-refractivity contribution in [2.75, 3.05) is 5.32 Å². The minimum Gasteiger partial charge on any atom is -0.444 e. The van der Waals surface area contributed by atoms with E-state index in [1.165, 1.54) is 6.07 Å². The zero-order chi connectivity index (χ0) is 13.8. The average molecular weight is 261 g/mol. The highest BCUT2D eigenvalue weighted by molar-refractivity contribution is 5.62. The van der Waals surface area contributed by atoms with Gasteiger partial charge in [-0.3, -0.25) is 10.1 Å². The van der Waals surface area contributed by atoms with Gasteiger partial charge in [0.1, 0.15) is 11.4 Å². The summed E-state index contributed by atoms with van der Waals surface area (Å²) in [7, 11) is 0. The third-order valence-corrected chi connectivity index (χ3v) is 2.73. The molecule has 2 aromatic rings. The number of hydrogen-bond donors (Lipinski definition) is 1. The summed E-state index contributed by atoms with van der Waals surface area (Å²) in [4.78, 5) is 14.7. The topological polar surface area (TPSA) is 81.2 Å². The maximum atomic E-state index is 11.0. The van der Waals surface area contributed by atoms with Gasteiger partial charge in [0, 0.05) is 12.5 Å². The minimum atomic E-state index is -0.400. The van der Waals surface area contributed by atoms with E-state index in [-0.39, 0.29) is 5.69 Å². The molecule has 1 N–H and O–H groups in total. The third-order valence-electron chi connectivity index (χ3n) is 2.73. The van der Waals surface area contributed by atoms with Crippen molar-refractivity contribution in [3.05, 3.63) is 51.7 Å². The van der Waals surface area contributed by atoms with E-state index in [2.05, 4.69) is 10.3 Å². The molecule has 19 heavy (non-hydrogen) atoms. The van der Waals surface area contributed by atoms with E-state index in [0.717, 1.165) is 17.7 Å². The Labute approximate surface area is 110 Å². The lowest BCUT2D eigenvalue weighted by atomic mass is 10.2. The van der Waals surface area contributed by atoms with E-state index in [9.17, 15) is 10.1 Å². The molecule has 1 aromatic heterocycles. The van der Waals surface area contributed by atoms with Gasteiger partial charge in [-0.2, -0.15) is 0 Å². The fourth-order valence-electron chi connectivity index (χ4n) is 1.71. The van der Waals surface area contributed by atoms with Crippen molar-refractivity contribution in [2.24, 2.45) is 0 Å². The van der Waals surface area contributed by atoms with E-state index < -0.39 is 4.92 Å². The largest absolute Gasteiger partial charge is 0.444 e. The fraction of sp³-hybridized carbons (Fsp3) is 0.308. The van der Waals surface area contributed by atoms with E-state index >= 15 is 0 Å². The Bertz CT molecular complexity index is 593.